The van der Waals surface area contributed by atoms with Crippen LogP contribution >= 0.6 is 15.9 Å². The minimum absolute atomic E-state index is 0.0568. The highest BCUT2D eigenvalue weighted by Gasteiger charge is 2.63. The number of hydrogen-bond donors (Lipinski definition) is 0. The first kappa shape index (κ1) is 32.9. The minimum atomic E-state index is -0.856. The van der Waals surface area contributed by atoms with E-state index in [1.807, 2.05) is 48.5 Å². The number of ether oxygens (including phenoxy) is 1. The third kappa shape index (κ3) is 5.39. The lowest BCUT2D eigenvalue weighted by molar-refractivity contribution is -0.384. The van der Waals surface area contributed by atoms with Gasteiger partial charge in [-0.25, -0.2) is 9.80 Å². The summed E-state index contributed by atoms with van der Waals surface area (Å²) in [4.78, 5) is 80.5. The summed E-state index contributed by atoms with van der Waals surface area (Å²) in [5.41, 5.74) is 3.91. The number of carbonyl (C=O) groups is 5. The van der Waals surface area contributed by atoms with Crippen LogP contribution in [0.25, 0.3) is 0 Å². The normalized spacial score (nSPS) is 19.4. The maximum Gasteiger partial charge on any atom is 0.343 e. The third-order valence-corrected chi connectivity index (χ3v) is 10.5. The van der Waals surface area contributed by atoms with Crippen LogP contribution in [0.2, 0.25) is 0 Å². The molecule has 1 heterocycles. The van der Waals surface area contributed by atoms with E-state index in [9.17, 15) is 34.1 Å². The minimum Gasteiger partial charge on any atom is -0.423 e. The van der Waals surface area contributed by atoms with Gasteiger partial charge in [0.25, 0.3) is 23.4 Å². The molecule has 1 saturated heterocycles. The van der Waals surface area contributed by atoms with Crippen LogP contribution in [0, 0.1) is 22.0 Å². The molecule has 3 amide bonds. The van der Waals surface area contributed by atoms with Gasteiger partial charge in [-0.05, 0) is 82.9 Å². The van der Waals surface area contributed by atoms with Gasteiger partial charge in [-0.3, -0.25) is 29.3 Å². The van der Waals surface area contributed by atoms with E-state index in [0.717, 1.165) is 48.9 Å². The first-order valence-electron chi connectivity index (χ1n) is 16.3. The second-order valence-corrected chi connectivity index (χ2v) is 13.7. The molecule has 12 heteroatoms. The van der Waals surface area contributed by atoms with Gasteiger partial charge >= 0.3 is 5.97 Å². The Morgan fingerprint density at radius 3 is 1.62 bits per heavy atom. The fourth-order valence-corrected chi connectivity index (χ4v) is 7.96. The summed E-state index contributed by atoms with van der Waals surface area (Å²) in [5, 5.41) is 13.0. The van der Waals surface area contributed by atoms with E-state index in [1.54, 1.807) is 24.3 Å². The number of carbonyl (C=O) groups excluding carboxylic acids is 5. The van der Waals surface area contributed by atoms with Crippen molar-refractivity contribution in [1.82, 2.24) is 10.0 Å². The van der Waals surface area contributed by atoms with Crippen molar-refractivity contribution in [3.8, 4) is 5.75 Å². The van der Waals surface area contributed by atoms with Crippen molar-refractivity contribution < 1.29 is 33.6 Å². The zero-order valence-electron chi connectivity index (χ0n) is 27.0. The average molecular weight is 757 g/mol. The molecule has 5 aromatic rings. The van der Waals surface area contributed by atoms with Crippen LogP contribution in [-0.4, -0.2) is 51.0 Å². The van der Waals surface area contributed by atoms with Gasteiger partial charge in [0.15, 0.2) is 5.78 Å². The van der Waals surface area contributed by atoms with Crippen LogP contribution in [0.3, 0.4) is 0 Å². The van der Waals surface area contributed by atoms with Crippen molar-refractivity contribution in [2.45, 2.75) is 11.8 Å². The van der Waals surface area contributed by atoms with E-state index in [1.165, 1.54) is 36.4 Å². The van der Waals surface area contributed by atoms with Crippen molar-refractivity contribution in [2.24, 2.45) is 11.8 Å². The number of Topliss-reactive ketones (excluding diaryl/α,β-unsaturated/α-hetero) is 1. The Morgan fingerprint density at radius 1 is 0.673 bits per heavy atom. The van der Waals surface area contributed by atoms with Crippen LogP contribution in [0.4, 0.5) is 5.69 Å². The number of non-ortho nitro benzene ring substituents is 1. The van der Waals surface area contributed by atoms with Crippen molar-refractivity contribution in [2.75, 3.05) is 6.54 Å². The average Bonchev–Trinajstić information content (AvgIpc) is 3.43. The molecule has 52 heavy (non-hydrogen) atoms. The maximum absolute atomic E-state index is 14.5. The molecule has 1 fully saturated rings. The topological polar surface area (TPSA) is 144 Å². The molecule has 3 aliphatic carbocycles. The van der Waals surface area contributed by atoms with E-state index in [-0.39, 0.29) is 22.6 Å². The molecule has 0 unspecified atom stereocenters. The molecule has 0 saturated carbocycles. The molecule has 2 atom stereocenters. The molecule has 0 aromatic heterocycles. The van der Waals surface area contributed by atoms with Gasteiger partial charge in [-0.1, -0.05) is 64.5 Å². The molecule has 0 spiro atoms. The third-order valence-electron chi connectivity index (χ3n) is 9.99. The van der Waals surface area contributed by atoms with Crippen LogP contribution in [0.5, 0.6) is 5.75 Å². The Balaban J connectivity index is 1.12. The number of nitrogens with zero attached hydrogens (tertiary/aromatic N) is 3. The summed E-state index contributed by atoms with van der Waals surface area (Å²) in [5.74, 6) is -5.61. The number of nitro groups is 1. The summed E-state index contributed by atoms with van der Waals surface area (Å²) in [6.07, 6.45) is 0. The summed E-state index contributed by atoms with van der Waals surface area (Å²) in [7, 11) is 0. The number of esters is 1. The zero-order valence-corrected chi connectivity index (χ0v) is 28.6. The lowest BCUT2D eigenvalue weighted by atomic mass is 9.55. The van der Waals surface area contributed by atoms with Crippen molar-refractivity contribution in [3.63, 3.8) is 0 Å². The molecule has 256 valence electrons. The second kappa shape index (κ2) is 12.8. The molecule has 0 radical (unpaired) electrons. The first-order valence-corrected chi connectivity index (χ1v) is 17.1. The maximum atomic E-state index is 14.5. The fraction of sp³-hybridized carbons (Fsp3) is 0.125. The molecular formula is C40H26BrN3O8. The quantitative estimate of drug-likeness (QED) is 0.0425. The van der Waals surface area contributed by atoms with Crippen LogP contribution in [-0.2, 0) is 9.59 Å². The Kier molecular flexibility index (Phi) is 8.10. The predicted molar refractivity (Wildman–Crippen MR) is 189 cm³/mol. The Morgan fingerprint density at radius 2 is 1.13 bits per heavy atom. The van der Waals surface area contributed by atoms with Crippen molar-refractivity contribution in [3.05, 3.63) is 175 Å². The first-order chi connectivity index (χ1) is 25.1. The number of ketones is 1. The van der Waals surface area contributed by atoms with E-state index < -0.39 is 64.6 Å². The SMILES string of the molecule is O=C(CN(C(=O)c1ccc([N+](=O)[O-])cc1)N1C(=O)[C@@H]2C3c4ccccc4C(c4ccccc43)[C@H]2C1=O)c1ccc(OC(=O)c2ccc(Br)cc2)cc1. The van der Waals surface area contributed by atoms with Gasteiger partial charge in [0, 0.05) is 39.6 Å². The molecule has 2 bridgehead atoms. The molecule has 9 rings (SSSR count). The molecule has 5 aromatic carbocycles. The molecule has 1 aliphatic heterocycles. The number of hydrogen-bond acceptors (Lipinski definition) is 8. The summed E-state index contributed by atoms with van der Waals surface area (Å²) >= 11 is 3.32. The fourth-order valence-electron chi connectivity index (χ4n) is 7.70. The molecule has 0 N–H and O–H groups in total. The highest BCUT2D eigenvalue weighted by molar-refractivity contribution is 9.10. The lowest BCUT2D eigenvalue weighted by Gasteiger charge is -2.45. The van der Waals surface area contributed by atoms with Gasteiger partial charge in [0.1, 0.15) is 12.3 Å². The number of rotatable bonds is 8. The molecule has 11 nitrogen and oxygen atoms in total. The largest absolute Gasteiger partial charge is 0.423 e. The number of nitro benzene ring substituents is 1. The van der Waals surface area contributed by atoms with Crippen molar-refractivity contribution in [1.29, 1.82) is 0 Å². The lowest BCUT2D eigenvalue weighted by Crippen LogP contribution is -2.52. The standard InChI is InChI=1S/C40H26BrN3O8/c41-25-15-9-24(10-16-25)40(49)52-27-19-13-22(14-20-27)32(45)21-42(37(46)23-11-17-26(18-12-23)44(50)51)43-38(47)35-33-28-5-1-2-6-29(28)34(36(35)39(43)48)31-8-4-3-7-30(31)33/h1-20,33-36H,21H2/t33?,34?,35-,36-/m1/s1. The highest BCUT2D eigenvalue weighted by Crippen LogP contribution is 2.61. The Hall–Kier alpha value is -6.27. The predicted octanol–water partition coefficient (Wildman–Crippen LogP) is 6.71. The van der Waals surface area contributed by atoms with Crippen molar-refractivity contribution >= 4 is 51.1 Å². The Labute approximate surface area is 304 Å². The summed E-state index contributed by atoms with van der Waals surface area (Å²) < 4.78 is 6.24. The number of halogens is 1. The summed E-state index contributed by atoms with van der Waals surface area (Å²) in [6, 6.07) is 32.5. The number of benzene rings is 5. The van der Waals surface area contributed by atoms with Crippen LogP contribution in [0.15, 0.2) is 126 Å². The molecule has 4 aliphatic rings. The summed E-state index contributed by atoms with van der Waals surface area (Å²) in [6.45, 7) is -0.694. The van der Waals surface area contributed by atoms with E-state index >= 15 is 0 Å². The monoisotopic (exact) mass is 755 g/mol. The molecular weight excluding hydrogens is 730 g/mol. The number of hydrazine groups is 1. The van der Waals surface area contributed by atoms with Gasteiger partial charge in [0.2, 0.25) is 0 Å². The van der Waals surface area contributed by atoms with E-state index in [4.69, 9.17) is 4.74 Å². The van der Waals surface area contributed by atoms with Gasteiger partial charge < -0.3 is 4.74 Å². The van der Waals surface area contributed by atoms with Crippen LogP contribution in [0.1, 0.15) is 65.2 Å². The second-order valence-electron chi connectivity index (χ2n) is 12.8. The van der Waals surface area contributed by atoms with Gasteiger partial charge in [-0.2, -0.15) is 5.01 Å². The Bertz CT molecular complexity index is 2210. The van der Waals surface area contributed by atoms with E-state index in [0.29, 0.717) is 5.56 Å². The van der Waals surface area contributed by atoms with Crippen LogP contribution < -0.4 is 4.74 Å². The van der Waals surface area contributed by atoms with Gasteiger partial charge in [-0.15, -0.1) is 0 Å². The zero-order chi connectivity index (χ0) is 36.3. The number of amides is 3. The van der Waals surface area contributed by atoms with Gasteiger partial charge in [0.05, 0.1) is 22.3 Å². The van der Waals surface area contributed by atoms with E-state index in [2.05, 4.69) is 15.9 Å². The number of imide groups is 1. The highest BCUT2D eigenvalue weighted by atomic mass is 79.9. The smallest absolute Gasteiger partial charge is 0.343 e.